The van der Waals surface area contributed by atoms with E-state index in [2.05, 4.69) is 15.1 Å². The molecule has 3 aromatic rings. The molecule has 1 saturated heterocycles. The summed E-state index contributed by atoms with van der Waals surface area (Å²) in [5, 5.41) is 8.77. The quantitative estimate of drug-likeness (QED) is 0.462. The average molecular weight is 497 g/mol. The minimum absolute atomic E-state index is 0.218. The first-order valence-electron chi connectivity index (χ1n) is 11.8. The van der Waals surface area contributed by atoms with Gasteiger partial charge in [0.25, 0.3) is 0 Å². The molecule has 4 rings (SSSR count). The molecule has 35 heavy (non-hydrogen) atoms. The number of piperazine rings is 1. The van der Waals surface area contributed by atoms with Crippen molar-refractivity contribution in [1.82, 2.24) is 14.5 Å². The number of benzene rings is 2. The Hall–Kier alpha value is -3.17. The van der Waals surface area contributed by atoms with Crippen LogP contribution < -0.4 is 14.4 Å². The summed E-state index contributed by atoms with van der Waals surface area (Å²) in [5.74, 6) is 2.14. The first-order valence-corrected chi connectivity index (χ1v) is 13.3. The van der Waals surface area contributed by atoms with Crippen molar-refractivity contribution in [2.75, 3.05) is 44.8 Å². The first kappa shape index (κ1) is 24.9. The standard InChI is InChI=1S/C26H32N4O4S/c1-5-34-24-12-8-21(19(2)3)18-25(24)35(31,32)30-16-14-29(15-17-30)26-13-11-23(27-28-26)20-6-9-22(33-4)10-7-20/h6-13,18-19H,5,14-17H2,1-4H3. The van der Waals surface area contributed by atoms with E-state index in [1.807, 2.05) is 63.2 Å². The maximum atomic E-state index is 13.5. The molecule has 0 amide bonds. The van der Waals surface area contributed by atoms with Crippen LogP contribution in [0.25, 0.3) is 11.3 Å². The number of sulfonamides is 1. The minimum atomic E-state index is -3.69. The smallest absolute Gasteiger partial charge is 0.246 e. The summed E-state index contributed by atoms with van der Waals surface area (Å²) in [5.41, 5.74) is 2.69. The molecular weight excluding hydrogens is 464 g/mol. The number of ether oxygens (including phenoxy) is 2. The molecule has 0 N–H and O–H groups in total. The monoisotopic (exact) mass is 496 g/mol. The molecule has 1 fully saturated rings. The highest BCUT2D eigenvalue weighted by Crippen LogP contribution is 2.31. The van der Waals surface area contributed by atoms with Gasteiger partial charge in [-0.25, -0.2) is 8.42 Å². The van der Waals surface area contributed by atoms with Crippen molar-refractivity contribution in [3.05, 3.63) is 60.2 Å². The summed E-state index contributed by atoms with van der Waals surface area (Å²) >= 11 is 0. The molecule has 186 valence electrons. The van der Waals surface area contributed by atoms with Gasteiger partial charge in [0, 0.05) is 31.7 Å². The Labute approximate surface area is 207 Å². The van der Waals surface area contributed by atoms with Gasteiger partial charge in [0.15, 0.2) is 5.82 Å². The van der Waals surface area contributed by atoms with Gasteiger partial charge in [0.05, 0.1) is 19.4 Å². The fourth-order valence-electron chi connectivity index (χ4n) is 4.07. The van der Waals surface area contributed by atoms with Crippen LogP contribution in [-0.2, 0) is 10.0 Å². The highest BCUT2D eigenvalue weighted by Gasteiger charge is 2.32. The Balaban J connectivity index is 1.47. The Morgan fingerprint density at radius 2 is 1.66 bits per heavy atom. The largest absolute Gasteiger partial charge is 0.497 e. The minimum Gasteiger partial charge on any atom is -0.497 e. The molecule has 1 aliphatic heterocycles. The molecule has 0 atom stereocenters. The molecule has 9 heteroatoms. The van der Waals surface area contributed by atoms with E-state index >= 15 is 0 Å². The van der Waals surface area contributed by atoms with Gasteiger partial charge in [-0.15, -0.1) is 10.2 Å². The summed E-state index contributed by atoms with van der Waals surface area (Å²) in [6, 6.07) is 17.0. The van der Waals surface area contributed by atoms with E-state index in [9.17, 15) is 8.42 Å². The van der Waals surface area contributed by atoms with Crippen molar-refractivity contribution in [2.45, 2.75) is 31.6 Å². The third-order valence-corrected chi connectivity index (χ3v) is 8.07. The summed E-state index contributed by atoms with van der Waals surface area (Å²) < 4.78 is 39.5. The van der Waals surface area contributed by atoms with Gasteiger partial charge in [0.1, 0.15) is 16.4 Å². The molecule has 0 bridgehead atoms. The molecule has 1 aliphatic rings. The molecule has 0 unspecified atom stereocenters. The maximum Gasteiger partial charge on any atom is 0.246 e. The molecule has 0 aliphatic carbocycles. The number of rotatable bonds is 8. The lowest BCUT2D eigenvalue weighted by Crippen LogP contribution is -2.49. The fraction of sp³-hybridized carbons (Fsp3) is 0.385. The second kappa shape index (κ2) is 10.6. The molecule has 0 spiro atoms. The van der Waals surface area contributed by atoms with Gasteiger partial charge in [-0.3, -0.25) is 0 Å². The Kier molecular flexibility index (Phi) is 7.57. The van der Waals surface area contributed by atoms with Crippen LogP contribution in [0.5, 0.6) is 11.5 Å². The maximum absolute atomic E-state index is 13.5. The van der Waals surface area contributed by atoms with Crippen molar-refractivity contribution in [1.29, 1.82) is 0 Å². The number of nitrogens with zero attached hydrogens (tertiary/aromatic N) is 4. The predicted molar refractivity (Wildman–Crippen MR) is 137 cm³/mol. The van der Waals surface area contributed by atoms with Crippen molar-refractivity contribution < 1.29 is 17.9 Å². The lowest BCUT2D eigenvalue weighted by Gasteiger charge is -2.34. The molecule has 0 radical (unpaired) electrons. The van der Waals surface area contributed by atoms with E-state index in [1.165, 1.54) is 4.31 Å². The summed E-state index contributed by atoms with van der Waals surface area (Å²) in [7, 11) is -2.06. The zero-order valence-electron chi connectivity index (χ0n) is 20.6. The van der Waals surface area contributed by atoms with Crippen LogP contribution in [-0.4, -0.2) is 62.8 Å². The van der Waals surface area contributed by atoms with Crippen LogP contribution in [0, 0.1) is 0 Å². The van der Waals surface area contributed by atoms with Crippen LogP contribution in [0.15, 0.2) is 59.5 Å². The van der Waals surface area contributed by atoms with Crippen LogP contribution in [0.2, 0.25) is 0 Å². The number of hydrogen-bond acceptors (Lipinski definition) is 7. The molecule has 0 saturated carbocycles. The van der Waals surface area contributed by atoms with Gasteiger partial charge in [-0.2, -0.15) is 4.31 Å². The second-order valence-corrected chi connectivity index (χ2v) is 10.6. The van der Waals surface area contributed by atoms with Gasteiger partial charge in [-0.05, 0) is 66.9 Å². The van der Waals surface area contributed by atoms with E-state index in [0.717, 1.165) is 28.4 Å². The summed E-state index contributed by atoms with van der Waals surface area (Å²) in [4.78, 5) is 2.30. The molecule has 2 aromatic carbocycles. The van der Waals surface area contributed by atoms with Crippen LogP contribution in [0.3, 0.4) is 0 Å². The van der Waals surface area contributed by atoms with E-state index in [-0.39, 0.29) is 10.8 Å². The van der Waals surface area contributed by atoms with Gasteiger partial charge in [0.2, 0.25) is 10.0 Å². The second-order valence-electron chi connectivity index (χ2n) is 8.69. The highest BCUT2D eigenvalue weighted by atomic mass is 32.2. The lowest BCUT2D eigenvalue weighted by molar-refractivity contribution is 0.327. The molecule has 1 aromatic heterocycles. The average Bonchev–Trinajstić information content (AvgIpc) is 2.89. The number of hydrogen-bond donors (Lipinski definition) is 0. The molecule has 8 nitrogen and oxygen atoms in total. The molecule has 2 heterocycles. The van der Waals surface area contributed by atoms with Crippen LogP contribution in [0.1, 0.15) is 32.3 Å². The van der Waals surface area contributed by atoms with Gasteiger partial charge < -0.3 is 14.4 Å². The van der Waals surface area contributed by atoms with E-state index in [0.29, 0.717) is 38.5 Å². The van der Waals surface area contributed by atoms with Gasteiger partial charge >= 0.3 is 0 Å². The SMILES string of the molecule is CCOc1ccc(C(C)C)cc1S(=O)(=O)N1CCN(c2ccc(-c3ccc(OC)cc3)nn2)CC1. The van der Waals surface area contributed by atoms with Crippen molar-refractivity contribution in [3.8, 4) is 22.8 Å². The lowest BCUT2D eigenvalue weighted by atomic mass is 10.0. The summed E-state index contributed by atoms with van der Waals surface area (Å²) in [6.45, 7) is 8.14. The van der Waals surface area contributed by atoms with Crippen molar-refractivity contribution in [2.24, 2.45) is 0 Å². The Bertz CT molecular complexity index is 1240. The van der Waals surface area contributed by atoms with Gasteiger partial charge in [-0.1, -0.05) is 19.9 Å². The number of aromatic nitrogens is 2. The van der Waals surface area contributed by atoms with E-state index in [1.54, 1.807) is 19.2 Å². The number of anilines is 1. The Morgan fingerprint density at radius 1 is 0.943 bits per heavy atom. The van der Waals surface area contributed by atoms with Crippen molar-refractivity contribution >= 4 is 15.8 Å². The van der Waals surface area contributed by atoms with Crippen LogP contribution >= 0.6 is 0 Å². The Morgan fingerprint density at radius 3 is 2.23 bits per heavy atom. The molecular formula is C26H32N4O4S. The third kappa shape index (κ3) is 5.41. The number of methoxy groups -OCH3 is 1. The highest BCUT2D eigenvalue weighted by molar-refractivity contribution is 7.89. The first-order chi connectivity index (χ1) is 16.8. The van der Waals surface area contributed by atoms with Crippen molar-refractivity contribution in [3.63, 3.8) is 0 Å². The van der Waals surface area contributed by atoms with E-state index < -0.39 is 10.0 Å². The zero-order chi connectivity index (χ0) is 25.0. The fourth-order valence-corrected chi connectivity index (χ4v) is 5.65. The topological polar surface area (TPSA) is 84.9 Å². The normalized spacial score (nSPS) is 14.8. The summed E-state index contributed by atoms with van der Waals surface area (Å²) in [6.07, 6.45) is 0. The van der Waals surface area contributed by atoms with Crippen LogP contribution in [0.4, 0.5) is 5.82 Å². The predicted octanol–water partition coefficient (Wildman–Crippen LogP) is 4.19. The van der Waals surface area contributed by atoms with E-state index in [4.69, 9.17) is 9.47 Å². The third-order valence-electron chi connectivity index (χ3n) is 6.15. The zero-order valence-corrected chi connectivity index (χ0v) is 21.5.